The summed E-state index contributed by atoms with van der Waals surface area (Å²) in [7, 11) is 3.15. The molecule has 0 N–H and O–H groups in total. The summed E-state index contributed by atoms with van der Waals surface area (Å²) in [5, 5.41) is 1.19. The zero-order valence-corrected chi connectivity index (χ0v) is 17.7. The Balaban J connectivity index is 1.99. The summed E-state index contributed by atoms with van der Waals surface area (Å²) in [5.41, 5.74) is 1.98. The van der Waals surface area contributed by atoms with E-state index in [0.29, 0.717) is 21.6 Å². The van der Waals surface area contributed by atoms with Crippen LogP contribution in [-0.4, -0.2) is 47.6 Å². The van der Waals surface area contributed by atoms with E-state index < -0.39 is 5.92 Å². The number of rotatable bonds is 5. The predicted molar refractivity (Wildman–Crippen MR) is 111 cm³/mol. The van der Waals surface area contributed by atoms with Crippen LogP contribution in [0.2, 0.25) is 10.0 Å². The van der Waals surface area contributed by atoms with Crippen molar-refractivity contribution in [2.24, 2.45) is 10.9 Å². The van der Waals surface area contributed by atoms with Crippen LogP contribution >= 0.6 is 35.0 Å². The molecule has 2 heterocycles. The van der Waals surface area contributed by atoms with Gasteiger partial charge in [-0.25, -0.2) is 4.79 Å². The molecule has 1 unspecified atom stereocenters. The average Bonchev–Trinajstić information content (AvgIpc) is 2.64. The smallest absolute Gasteiger partial charge is 0.255 e. The number of imide groups is 1. The first-order valence-corrected chi connectivity index (χ1v) is 10.3. The van der Waals surface area contributed by atoms with Crippen molar-refractivity contribution in [3.05, 3.63) is 44.3 Å². The maximum Gasteiger partial charge on any atom is 0.445 e. The summed E-state index contributed by atoms with van der Waals surface area (Å²) in [6.45, 7) is 2.09. The van der Waals surface area contributed by atoms with Crippen molar-refractivity contribution in [3.8, 4) is 0 Å². The first-order chi connectivity index (χ1) is 12.8. The Morgan fingerprint density at radius 1 is 1.30 bits per heavy atom. The van der Waals surface area contributed by atoms with Gasteiger partial charge < -0.3 is 0 Å². The van der Waals surface area contributed by atoms with Crippen LogP contribution in [0.3, 0.4) is 0 Å². The maximum absolute atomic E-state index is 12.9. The van der Waals surface area contributed by atoms with E-state index in [1.54, 1.807) is 37.2 Å². The van der Waals surface area contributed by atoms with Crippen LogP contribution in [0.4, 0.5) is 4.79 Å². The highest BCUT2D eigenvalue weighted by atomic mass is 35.5. The zero-order valence-electron chi connectivity index (χ0n) is 15.3. The number of urea groups is 1. The Morgan fingerprint density at radius 3 is 2.70 bits per heavy atom. The number of dihydropyridines is 1. The molecule has 0 saturated carbocycles. The highest BCUT2D eigenvalue weighted by molar-refractivity contribution is 8.02. The lowest BCUT2D eigenvalue weighted by Crippen LogP contribution is -2.52. The minimum Gasteiger partial charge on any atom is -0.255 e. The van der Waals surface area contributed by atoms with Crippen molar-refractivity contribution in [1.82, 2.24) is 4.90 Å². The molecule has 0 saturated heterocycles. The van der Waals surface area contributed by atoms with Crippen LogP contribution in [0.5, 0.6) is 0 Å². The number of allylic oxidation sites excluding steroid dienone is 1. The molecular weight excluding hydrogens is 405 g/mol. The summed E-state index contributed by atoms with van der Waals surface area (Å²) >= 11 is 13.8. The summed E-state index contributed by atoms with van der Waals surface area (Å²) in [6, 6.07) is 5.04. The predicted octanol–water partition coefficient (Wildman–Crippen LogP) is 4.61. The number of carbonyl (C=O) groups is 2. The standard InChI is InChI=1S/C19H20Cl2N3O2S/c1-4-5-11-9-22-17-15(18(25)24(3)19(26)23(17)2)16(11)27-10-12-6-7-13(20)8-14(12)21/h6-9,15H,4-5,10H2,1-3H3/q+1. The van der Waals surface area contributed by atoms with Crippen LogP contribution in [0, 0.1) is 5.92 Å². The number of amidine groups is 1. The van der Waals surface area contributed by atoms with Gasteiger partial charge in [0.05, 0.1) is 14.1 Å². The minimum atomic E-state index is -0.555. The van der Waals surface area contributed by atoms with Gasteiger partial charge in [-0.15, -0.1) is 16.8 Å². The lowest BCUT2D eigenvalue weighted by molar-refractivity contribution is -0.407. The molecule has 0 fully saturated rings. The molecule has 1 atom stereocenters. The van der Waals surface area contributed by atoms with E-state index in [1.165, 1.54) is 11.6 Å². The van der Waals surface area contributed by atoms with Gasteiger partial charge in [0.15, 0.2) is 5.92 Å². The molecule has 0 aromatic heterocycles. The lowest BCUT2D eigenvalue weighted by Gasteiger charge is -2.28. The molecule has 2 aliphatic rings. The maximum atomic E-state index is 12.9. The Labute approximate surface area is 172 Å². The largest absolute Gasteiger partial charge is 0.445 e. The first kappa shape index (κ1) is 20.1. The average molecular weight is 425 g/mol. The number of aliphatic imine (C=N–C) groups is 1. The molecule has 1 aromatic rings. The minimum absolute atomic E-state index is 0.247. The van der Waals surface area contributed by atoms with Crippen molar-refractivity contribution in [2.75, 3.05) is 14.1 Å². The quantitative estimate of drug-likeness (QED) is 0.648. The van der Waals surface area contributed by atoms with Crippen molar-refractivity contribution < 1.29 is 14.2 Å². The van der Waals surface area contributed by atoms with Gasteiger partial charge in [0.1, 0.15) is 6.21 Å². The Bertz CT molecular complexity index is 908. The van der Waals surface area contributed by atoms with E-state index in [4.69, 9.17) is 23.2 Å². The topological polar surface area (TPSA) is 52.8 Å². The van der Waals surface area contributed by atoms with Crippen LogP contribution in [-0.2, 0) is 10.5 Å². The fourth-order valence-electron chi connectivity index (χ4n) is 3.13. The second-order valence-electron chi connectivity index (χ2n) is 6.45. The molecule has 3 rings (SSSR count). The van der Waals surface area contributed by atoms with Gasteiger partial charge in [-0.1, -0.05) is 42.6 Å². The Kier molecular flexibility index (Phi) is 6.08. The molecule has 0 radical (unpaired) electrons. The van der Waals surface area contributed by atoms with Crippen LogP contribution in [0.15, 0.2) is 33.7 Å². The third kappa shape index (κ3) is 3.84. The lowest BCUT2D eigenvalue weighted by atomic mass is 9.96. The fourth-order valence-corrected chi connectivity index (χ4v) is 4.96. The normalized spacial score (nSPS) is 19.9. The second kappa shape index (κ2) is 8.17. The zero-order chi connectivity index (χ0) is 19.7. The Morgan fingerprint density at radius 2 is 2.04 bits per heavy atom. The molecule has 8 heteroatoms. The molecule has 1 aromatic carbocycles. The van der Waals surface area contributed by atoms with E-state index in [1.807, 2.05) is 6.07 Å². The number of hydrogen-bond donors (Lipinski definition) is 0. The first-order valence-electron chi connectivity index (χ1n) is 8.61. The third-order valence-corrected chi connectivity index (χ3v) is 6.45. The molecule has 142 valence electrons. The van der Waals surface area contributed by atoms with Crippen molar-refractivity contribution >= 4 is 59.0 Å². The highest BCUT2D eigenvalue weighted by Gasteiger charge is 2.48. The number of fused-ring (bicyclic) bond motifs is 1. The molecule has 27 heavy (non-hydrogen) atoms. The molecule has 2 aliphatic heterocycles. The summed E-state index contributed by atoms with van der Waals surface area (Å²) in [6.07, 6.45) is 3.54. The number of benzene rings is 1. The van der Waals surface area contributed by atoms with Crippen molar-refractivity contribution in [3.63, 3.8) is 0 Å². The van der Waals surface area contributed by atoms with Gasteiger partial charge in [0.2, 0.25) is 0 Å². The van der Waals surface area contributed by atoms with Gasteiger partial charge >= 0.3 is 11.9 Å². The van der Waals surface area contributed by atoms with Crippen molar-refractivity contribution in [1.29, 1.82) is 0 Å². The van der Waals surface area contributed by atoms with E-state index in [9.17, 15) is 9.59 Å². The summed E-state index contributed by atoms with van der Waals surface area (Å²) in [5.74, 6) is 0.279. The van der Waals surface area contributed by atoms with Gasteiger partial charge in [0, 0.05) is 20.7 Å². The van der Waals surface area contributed by atoms with Gasteiger partial charge in [-0.05, 0) is 29.7 Å². The highest BCUT2D eigenvalue weighted by Crippen LogP contribution is 2.38. The van der Waals surface area contributed by atoms with Crippen LogP contribution in [0.25, 0.3) is 0 Å². The number of thioether (sulfide) groups is 1. The third-order valence-electron chi connectivity index (χ3n) is 4.60. The summed E-state index contributed by atoms with van der Waals surface area (Å²) < 4.78 is 1.45. The van der Waals surface area contributed by atoms with E-state index in [0.717, 1.165) is 33.8 Å². The van der Waals surface area contributed by atoms with Crippen molar-refractivity contribution in [2.45, 2.75) is 25.5 Å². The fraction of sp³-hybridized carbons (Fsp3) is 0.368. The molecule has 0 bridgehead atoms. The SMILES string of the molecule is CCCC1=C(SCc2ccc(Cl)cc2Cl)C2C(=O)N(C)C(=O)[N+](C)=C2N=C1. The van der Waals surface area contributed by atoms with Crippen LogP contribution in [0.1, 0.15) is 25.3 Å². The number of carbonyl (C=O) groups excluding carboxylic acids is 2. The molecular formula is C19H20Cl2N3O2S+. The second-order valence-corrected chi connectivity index (χ2v) is 8.31. The number of hydrogen-bond acceptors (Lipinski definition) is 4. The Hall–Kier alpha value is -1.63. The van der Waals surface area contributed by atoms with E-state index in [2.05, 4.69) is 11.9 Å². The molecule has 5 nitrogen and oxygen atoms in total. The van der Waals surface area contributed by atoms with Gasteiger partial charge in [0.25, 0.3) is 5.84 Å². The number of halogens is 2. The van der Waals surface area contributed by atoms with E-state index >= 15 is 0 Å². The van der Waals surface area contributed by atoms with Gasteiger partial charge in [-0.2, -0.15) is 9.48 Å². The van der Waals surface area contributed by atoms with Crippen LogP contribution < -0.4 is 0 Å². The monoisotopic (exact) mass is 424 g/mol. The van der Waals surface area contributed by atoms with E-state index in [-0.39, 0.29) is 11.9 Å². The summed E-state index contributed by atoms with van der Waals surface area (Å²) in [4.78, 5) is 31.7. The number of nitrogens with zero attached hydrogens (tertiary/aromatic N) is 3. The molecule has 0 aliphatic carbocycles. The number of amides is 3. The molecule has 3 amide bonds. The molecule has 0 spiro atoms. The van der Waals surface area contributed by atoms with Gasteiger partial charge in [-0.3, -0.25) is 4.79 Å².